The highest BCUT2D eigenvalue weighted by atomic mass is 16.2. The fraction of sp³-hybridized carbons (Fsp3) is 0.308. The summed E-state index contributed by atoms with van der Waals surface area (Å²) in [4.78, 5) is 16.5. The first-order valence-corrected chi connectivity index (χ1v) is 6.19. The molecule has 1 saturated carbocycles. The standard InChI is InChI=1S/C13H12N4O/c18-12-8-4-3-6-9(8)16-17-11-7-2-1-5-10(11)14-13(17)15-12/h1-2,5,7-8H,3-4,6H2,(H,14,15,18). The highest BCUT2D eigenvalue weighted by Crippen LogP contribution is 2.29. The summed E-state index contributed by atoms with van der Waals surface area (Å²) in [6.07, 6.45) is 2.84. The van der Waals surface area contributed by atoms with E-state index in [4.69, 9.17) is 0 Å². The maximum atomic E-state index is 12.1. The van der Waals surface area contributed by atoms with Crippen LogP contribution in [0.5, 0.6) is 0 Å². The number of imidazole rings is 1. The van der Waals surface area contributed by atoms with Crippen molar-refractivity contribution in [3.8, 4) is 0 Å². The summed E-state index contributed by atoms with van der Waals surface area (Å²) in [7, 11) is 0. The quantitative estimate of drug-likeness (QED) is 0.765. The van der Waals surface area contributed by atoms with E-state index in [0.29, 0.717) is 5.95 Å². The van der Waals surface area contributed by atoms with E-state index in [2.05, 4.69) is 15.4 Å². The molecule has 90 valence electrons. The molecule has 1 aliphatic carbocycles. The van der Waals surface area contributed by atoms with E-state index < -0.39 is 0 Å². The molecule has 1 N–H and O–H groups in total. The first-order chi connectivity index (χ1) is 8.83. The summed E-state index contributed by atoms with van der Waals surface area (Å²) in [5.74, 6) is 0.494. The third-order valence-corrected chi connectivity index (χ3v) is 3.64. The highest BCUT2D eigenvalue weighted by molar-refractivity contribution is 6.11. The Bertz CT molecular complexity index is 685. The van der Waals surface area contributed by atoms with E-state index in [1.54, 1.807) is 4.68 Å². The normalized spacial score (nSPS) is 22.1. The molecule has 1 aromatic carbocycles. The number of hydrogen-bond donors (Lipinski definition) is 1. The molecule has 2 heterocycles. The number of amides is 1. The number of hydrogen-bond acceptors (Lipinski definition) is 3. The second-order valence-electron chi connectivity index (χ2n) is 4.76. The predicted molar refractivity (Wildman–Crippen MR) is 68.5 cm³/mol. The Morgan fingerprint density at radius 3 is 3.17 bits per heavy atom. The zero-order valence-corrected chi connectivity index (χ0v) is 9.76. The average molecular weight is 240 g/mol. The molecule has 1 amide bonds. The van der Waals surface area contributed by atoms with E-state index in [-0.39, 0.29) is 11.8 Å². The maximum Gasteiger partial charge on any atom is 0.235 e. The lowest BCUT2D eigenvalue weighted by Gasteiger charge is -2.05. The van der Waals surface area contributed by atoms with Gasteiger partial charge >= 0.3 is 0 Å². The fourth-order valence-corrected chi connectivity index (χ4v) is 2.75. The van der Waals surface area contributed by atoms with Crippen molar-refractivity contribution in [1.29, 1.82) is 0 Å². The molecule has 0 radical (unpaired) electrons. The number of anilines is 1. The van der Waals surface area contributed by atoms with Crippen LogP contribution in [0, 0.1) is 5.92 Å². The second-order valence-corrected chi connectivity index (χ2v) is 4.76. The van der Waals surface area contributed by atoms with Crippen molar-refractivity contribution < 1.29 is 4.79 Å². The van der Waals surface area contributed by atoms with Gasteiger partial charge in [-0.25, -0.2) is 4.98 Å². The lowest BCUT2D eigenvalue weighted by Crippen LogP contribution is -2.24. The summed E-state index contributed by atoms with van der Waals surface area (Å²) in [6.45, 7) is 0. The molecule has 5 nitrogen and oxygen atoms in total. The fourth-order valence-electron chi connectivity index (χ4n) is 2.75. The number of carbonyl (C=O) groups is 1. The Balaban J connectivity index is 2.00. The summed E-state index contributed by atoms with van der Waals surface area (Å²) < 4.78 is 1.76. The summed E-state index contributed by atoms with van der Waals surface area (Å²) in [6, 6.07) is 7.78. The van der Waals surface area contributed by atoms with Crippen LogP contribution in [-0.2, 0) is 4.79 Å². The number of fused-ring (bicyclic) bond motifs is 4. The predicted octanol–water partition coefficient (Wildman–Crippen LogP) is 1.99. The van der Waals surface area contributed by atoms with Crippen LogP contribution in [0.15, 0.2) is 29.4 Å². The summed E-state index contributed by atoms with van der Waals surface area (Å²) in [5, 5.41) is 7.51. The molecule has 2 aromatic rings. The molecule has 2 aliphatic rings. The van der Waals surface area contributed by atoms with Crippen LogP contribution in [0.4, 0.5) is 5.95 Å². The van der Waals surface area contributed by atoms with Crippen LogP contribution in [-0.4, -0.2) is 21.3 Å². The zero-order chi connectivity index (χ0) is 12.1. The minimum atomic E-state index is -0.0644. The smallest absolute Gasteiger partial charge is 0.235 e. The van der Waals surface area contributed by atoms with Crippen LogP contribution in [0.25, 0.3) is 11.0 Å². The number of para-hydroxylation sites is 2. The Morgan fingerprint density at radius 2 is 2.22 bits per heavy atom. The maximum absolute atomic E-state index is 12.1. The highest BCUT2D eigenvalue weighted by Gasteiger charge is 2.33. The number of benzene rings is 1. The lowest BCUT2D eigenvalue weighted by molar-refractivity contribution is -0.117. The van der Waals surface area contributed by atoms with Crippen molar-refractivity contribution in [3.63, 3.8) is 0 Å². The number of nitrogens with one attached hydrogen (secondary N) is 1. The molecule has 1 atom stereocenters. The number of rotatable bonds is 0. The monoisotopic (exact) mass is 240 g/mol. The van der Waals surface area contributed by atoms with Crippen LogP contribution < -0.4 is 5.32 Å². The van der Waals surface area contributed by atoms with E-state index in [1.807, 2.05) is 24.3 Å². The van der Waals surface area contributed by atoms with Gasteiger partial charge in [0, 0.05) is 0 Å². The minimum Gasteiger partial charge on any atom is -0.294 e. The first kappa shape index (κ1) is 9.82. The third-order valence-electron chi connectivity index (χ3n) is 3.64. The Hall–Kier alpha value is -2.17. The van der Waals surface area contributed by atoms with E-state index in [9.17, 15) is 4.79 Å². The van der Waals surface area contributed by atoms with Gasteiger partial charge in [-0.1, -0.05) is 12.1 Å². The van der Waals surface area contributed by atoms with Crippen LogP contribution in [0.2, 0.25) is 0 Å². The molecule has 5 heteroatoms. The second kappa shape index (κ2) is 3.41. The average Bonchev–Trinajstić information content (AvgIpc) is 2.93. The first-order valence-electron chi connectivity index (χ1n) is 6.19. The molecule has 4 rings (SSSR count). The molecular formula is C13H12N4O. The number of aromatic nitrogens is 2. The molecule has 0 bridgehead atoms. The van der Waals surface area contributed by atoms with Gasteiger partial charge in [0.15, 0.2) is 0 Å². The van der Waals surface area contributed by atoms with Crippen molar-refractivity contribution in [2.45, 2.75) is 19.3 Å². The lowest BCUT2D eigenvalue weighted by atomic mass is 10.1. The molecule has 1 aliphatic heterocycles. The van der Waals surface area contributed by atoms with Crippen molar-refractivity contribution >= 4 is 28.6 Å². The molecular weight excluding hydrogens is 228 g/mol. The van der Waals surface area contributed by atoms with Crippen LogP contribution in [0.1, 0.15) is 19.3 Å². The van der Waals surface area contributed by atoms with E-state index in [0.717, 1.165) is 36.0 Å². The molecule has 1 aromatic heterocycles. The van der Waals surface area contributed by atoms with E-state index >= 15 is 0 Å². The van der Waals surface area contributed by atoms with Gasteiger partial charge in [-0.05, 0) is 31.4 Å². The van der Waals surface area contributed by atoms with Crippen molar-refractivity contribution in [1.82, 2.24) is 9.66 Å². The van der Waals surface area contributed by atoms with Gasteiger partial charge in [-0.2, -0.15) is 9.78 Å². The Morgan fingerprint density at radius 1 is 1.33 bits per heavy atom. The number of nitrogens with zero attached hydrogens (tertiary/aromatic N) is 3. The van der Waals surface area contributed by atoms with Gasteiger partial charge in [-0.3, -0.25) is 10.1 Å². The van der Waals surface area contributed by atoms with Gasteiger partial charge < -0.3 is 0 Å². The van der Waals surface area contributed by atoms with Gasteiger partial charge in [0.2, 0.25) is 11.9 Å². The topological polar surface area (TPSA) is 59.3 Å². The van der Waals surface area contributed by atoms with Crippen molar-refractivity contribution in [3.05, 3.63) is 24.3 Å². The molecule has 1 fully saturated rings. The van der Waals surface area contributed by atoms with Crippen molar-refractivity contribution in [2.75, 3.05) is 5.32 Å². The largest absolute Gasteiger partial charge is 0.294 e. The molecule has 0 spiro atoms. The van der Waals surface area contributed by atoms with Gasteiger partial charge in [0.25, 0.3) is 0 Å². The Kier molecular flexibility index (Phi) is 1.86. The van der Waals surface area contributed by atoms with Crippen molar-refractivity contribution in [2.24, 2.45) is 11.0 Å². The van der Waals surface area contributed by atoms with Gasteiger partial charge in [-0.15, -0.1) is 0 Å². The van der Waals surface area contributed by atoms with Crippen LogP contribution >= 0.6 is 0 Å². The summed E-state index contributed by atoms with van der Waals surface area (Å²) in [5.41, 5.74) is 2.77. The SMILES string of the molecule is O=C1Nc2nc3ccccc3n2N=C2CCCC12. The molecule has 1 unspecified atom stereocenters. The van der Waals surface area contributed by atoms with Gasteiger partial charge in [0.1, 0.15) is 0 Å². The zero-order valence-electron chi connectivity index (χ0n) is 9.76. The molecule has 18 heavy (non-hydrogen) atoms. The van der Waals surface area contributed by atoms with Crippen LogP contribution in [0.3, 0.4) is 0 Å². The minimum absolute atomic E-state index is 0.0281. The molecule has 0 saturated heterocycles. The third kappa shape index (κ3) is 1.24. The summed E-state index contributed by atoms with van der Waals surface area (Å²) >= 11 is 0. The van der Waals surface area contributed by atoms with Gasteiger partial charge in [0.05, 0.1) is 22.7 Å². The Labute approximate surface area is 104 Å². The number of carbonyl (C=O) groups excluding carboxylic acids is 1. The van der Waals surface area contributed by atoms with E-state index in [1.165, 1.54) is 0 Å².